The Morgan fingerprint density at radius 2 is 1.65 bits per heavy atom. The Bertz CT molecular complexity index is 405. The first-order valence-corrected chi connectivity index (χ1v) is 5.86. The highest BCUT2D eigenvalue weighted by Crippen LogP contribution is 1.90. The summed E-state index contributed by atoms with van der Waals surface area (Å²) in [7, 11) is 2.85. The van der Waals surface area contributed by atoms with Gasteiger partial charge in [0.05, 0.1) is 13.2 Å². The third-order valence-electron chi connectivity index (χ3n) is 2.07. The molecule has 8 heteroatoms. The molecule has 0 aromatic rings. The molecule has 0 radical (unpaired) electrons. The normalized spacial score (nSPS) is 9.95. The van der Waals surface area contributed by atoms with Gasteiger partial charge in [-0.15, -0.1) is 0 Å². The molecule has 0 aromatic carbocycles. The fourth-order valence-corrected chi connectivity index (χ4v) is 1.00. The molecule has 0 atom stereocenters. The molecule has 0 unspecified atom stereocenters. The van der Waals surface area contributed by atoms with Gasteiger partial charge >= 0.3 is 11.9 Å². The molecule has 1 N–H and O–H groups in total. The van der Waals surface area contributed by atoms with E-state index in [1.165, 1.54) is 14.1 Å². The van der Waals surface area contributed by atoms with Gasteiger partial charge < -0.3 is 19.7 Å². The van der Waals surface area contributed by atoms with E-state index in [1.807, 2.05) is 0 Å². The monoisotopic (exact) mass is 286 g/mol. The van der Waals surface area contributed by atoms with Gasteiger partial charge in [0.2, 0.25) is 5.91 Å². The molecule has 0 aliphatic carbocycles. The maximum atomic E-state index is 11.5. The van der Waals surface area contributed by atoms with E-state index in [1.54, 1.807) is 6.92 Å². The standard InChI is InChI=1S/C12H18N2O6/c1-4-19-11(17)5-6-12(18)20-8-10(16)14(3)7-9(15)13-2/h5-6H,4,7-8H2,1-3H3,(H,13,15)/b6-5+. The summed E-state index contributed by atoms with van der Waals surface area (Å²) in [6, 6.07) is 0. The van der Waals surface area contributed by atoms with Crippen LogP contribution in [-0.2, 0) is 28.7 Å². The fourth-order valence-electron chi connectivity index (χ4n) is 1.00. The molecule has 20 heavy (non-hydrogen) atoms. The number of nitrogens with one attached hydrogen (secondary N) is 1. The number of carbonyl (C=O) groups excluding carboxylic acids is 4. The van der Waals surface area contributed by atoms with Crippen LogP contribution in [0.2, 0.25) is 0 Å². The van der Waals surface area contributed by atoms with Gasteiger partial charge in [0.1, 0.15) is 0 Å². The minimum Gasteiger partial charge on any atom is -0.463 e. The first-order valence-electron chi connectivity index (χ1n) is 5.86. The van der Waals surface area contributed by atoms with Crippen molar-refractivity contribution in [1.82, 2.24) is 10.2 Å². The summed E-state index contributed by atoms with van der Waals surface area (Å²) in [5, 5.41) is 2.36. The summed E-state index contributed by atoms with van der Waals surface area (Å²) in [6.07, 6.45) is 1.77. The summed E-state index contributed by atoms with van der Waals surface area (Å²) < 4.78 is 9.17. The zero-order chi connectivity index (χ0) is 15.5. The highest BCUT2D eigenvalue weighted by Gasteiger charge is 2.13. The number of hydrogen-bond donors (Lipinski definition) is 1. The molecule has 0 saturated heterocycles. The van der Waals surface area contributed by atoms with Crippen LogP contribution in [0.1, 0.15) is 6.92 Å². The van der Waals surface area contributed by atoms with E-state index < -0.39 is 24.5 Å². The number of ether oxygens (including phenoxy) is 2. The molecule has 8 nitrogen and oxygen atoms in total. The third kappa shape index (κ3) is 7.85. The molecular weight excluding hydrogens is 268 g/mol. The largest absolute Gasteiger partial charge is 0.463 e. The minimum atomic E-state index is -0.847. The van der Waals surface area contributed by atoms with E-state index in [4.69, 9.17) is 0 Å². The van der Waals surface area contributed by atoms with Crippen LogP contribution in [0.25, 0.3) is 0 Å². The van der Waals surface area contributed by atoms with Crippen molar-refractivity contribution in [2.75, 3.05) is 33.9 Å². The molecule has 0 heterocycles. The first kappa shape index (κ1) is 17.6. The van der Waals surface area contributed by atoms with Crippen LogP contribution >= 0.6 is 0 Å². The van der Waals surface area contributed by atoms with Crippen molar-refractivity contribution in [1.29, 1.82) is 0 Å². The van der Waals surface area contributed by atoms with Crippen molar-refractivity contribution in [3.8, 4) is 0 Å². The average molecular weight is 286 g/mol. The zero-order valence-corrected chi connectivity index (χ0v) is 11.7. The smallest absolute Gasteiger partial charge is 0.331 e. The van der Waals surface area contributed by atoms with Crippen LogP contribution in [0.15, 0.2) is 12.2 Å². The van der Waals surface area contributed by atoms with Crippen molar-refractivity contribution >= 4 is 23.8 Å². The van der Waals surface area contributed by atoms with E-state index in [2.05, 4.69) is 14.8 Å². The van der Waals surface area contributed by atoms with Crippen molar-refractivity contribution < 1.29 is 28.7 Å². The second-order valence-corrected chi connectivity index (χ2v) is 3.62. The van der Waals surface area contributed by atoms with Gasteiger partial charge in [-0.05, 0) is 6.92 Å². The lowest BCUT2D eigenvalue weighted by Gasteiger charge is -2.15. The Morgan fingerprint density at radius 1 is 1.10 bits per heavy atom. The van der Waals surface area contributed by atoms with Crippen LogP contribution in [0.3, 0.4) is 0 Å². The van der Waals surface area contributed by atoms with Crippen LogP contribution < -0.4 is 5.32 Å². The molecule has 0 bridgehead atoms. The third-order valence-corrected chi connectivity index (χ3v) is 2.07. The second-order valence-electron chi connectivity index (χ2n) is 3.62. The minimum absolute atomic E-state index is 0.133. The van der Waals surface area contributed by atoms with Crippen LogP contribution in [0, 0.1) is 0 Å². The van der Waals surface area contributed by atoms with E-state index in [0.29, 0.717) is 0 Å². The lowest BCUT2D eigenvalue weighted by molar-refractivity contribution is -0.148. The van der Waals surface area contributed by atoms with Gasteiger partial charge in [-0.3, -0.25) is 9.59 Å². The van der Waals surface area contributed by atoms with Crippen molar-refractivity contribution in [3.63, 3.8) is 0 Å². The fraction of sp³-hybridized carbons (Fsp3) is 0.500. The van der Waals surface area contributed by atoms with Crippen molar-refractivity contribution in [3.05, 3.63) is 12.2 Å². The molecular formula is C12H18N2O6. The molecule has 0 aromatic heterocycles. The van der Waals surface area contributed by atoms with Crippen molar-refractivity contribution in [2.45, 2.75) is 6.92 Å². The Balaban J connectivity index is 4.08. The number of rotatable bonds is 7. The molecule has 0 saturated carbocycles. The lowest BCUT2D eigenvalue weighted by Crippen LogP contribution is -2.38. The second kappa shape index (κ2) is 9.54. The summed E-state index contributed by atoms with van der Waals surface area (Å²) >= 11 is 0. The zero-order valence-electron chi connectivity index (χ0n) is 11.7. The van der Waals surface area contributed by atoms with Crippen LogP contribution in [-0.4, -0.2) is 62.5 Å². The maximum absolute atomic E-state index is 11.5. The molecule has 0 aliphatic heterocycles. The average Bonchev–Trinajstić information content (AvgIpc) is 2.42. The van der Waals surface area contributed by atoms with Crippen LogP contribution in [0.4, 0.5) is 0 Å². The quantitative estimate of drug-likeness (QED) is 0.468. The molecule has 112 valence electrons. The van der Waals surface area contributed by atoms with Gasteiger partial charge in [0.15, 0.2) is 6.61 Å². The van der Waals surface area contributed by atoms with E-state index in [-0.39, 0.29) is 19.1 Å². The highest BCUT2D eigenvalue weighted by molar-refractivity contribution is 5.93. The van der Waals surface area contributed by atoms with E-state index in [9.17, 15) is 19.2 Å². The summed E-state index contributed by atoms with van der Waals surface area (Å²) in [5.74, 6) is -2.40. The Kier molecular flexibility index (Phi) is 8.40. The number of hydrogen-bond acceptors (Lipinski definition) is 6. The molecule has 0 rings (SSSR count). The van der Waals surface area contributed by atoms with Gasteiger partial charge in [-0.25, -0.2) is 9.59 Å². The van der Waals surface area contributed by atoms with Gasteiger partial charge in [-0.1, -0.05) is 0 Å². The van der Waals surface area contributed by atoms with Gasteiger partial charge in [0, 0.05) is 26.2 Å². The highest BCUT2D eigenvalue weighted by atomic mass is 16.5. The number of carbonyl (C=O) groups is 4. The number of amides is 2. The van der Waals surface area contributed by atoms with E-state index >= 15 is 0 Å². The summed E-state index contributed by atoms with van der Waals surface area (Å²) in [6.45, 7) is 1.18. The predicted molar refractivity (Wildman–Crippen MR) is 68.4 cm³/mol. The molecule has 0 spiro atoms. The Labute approximate surface area is 116 Å². The predicted octanol–water partition coefficient (Wildman–Crippen LogP) is -1.15. The maximum Gasteiger partial charge on any atom is 0.331 e. The Morgan fingerprint density at radius 3 is 2.15 bits per heavy atom. The van der Waals surface area contributed by atoms with Crippen molar-refractivity contribution in [2.24, 2.45) is 0 Å². The molecule has 0 fully saturated rings. The van der Waals surface area contributed by atoms with E-state index in [0.717, 1.165) is 17.1 Å². The lowest BCUT2D eigenvalue weighted by atomic mass is 10.4. The number of nitrogens with zero attached hydrogens (tertiary/aromatic N) is 1. The SMILES string of the molecule is CCOC(=O)/C=C/C(=O)OCC(=O)N(C)CC(=O)NC. The Hall–Kier alpha value is -2.38. The van der Waals surface area contributed by atoms with Crippen LogP contribution in [0.5, 0.6) is 0 Å². The summed E-state index contributed by atoms with van der Waals surface area (Å²) in [5.41, 5.74) is 0. The molecule has 0 aliphatic rings. The number of likely N-dealkylation sites (N-methyl/N-ethyl adjacent to an activating group) is 2. The van der Waals surface area contributed by atoms with Gasteiger partial charge in [-0.2, -0.15) is 0 Å². The number of esters is 2. The first-order chi connectivity index (χ1) is 9.40. The van der Waals surface area contributed by atoms with Gasteiger partial charge in [0.25, 0.3) is 5.91 Å². The molecule has 2 amide bonds. The topological polar surface area (TPSA) is 102 Å². The summed E-state index contributed by atoms with van der Waals surface area (Å²) in [4.78, 5) is 45.7.